The van der Waals surface area contributed by atoms with Gasteiger partial charge in [-0.3, -0.25) is 4.79 Å². The lowest BCUT2D eigenvalue weighted by Gasteiger charge is -2.26. The van der Waals surface area contributed by atoms with Gasteiger partial charge in [0.2, 0.25) is 5.91 Å². The van der Waals surface area contributed by atoms with Crippen LogP contribution in [0.15, 0.2) is 12.4 Å². The summed E-state index contributed by atoms with van der Waals surface area (Å²) in [5.74, 6) is 0.868. The summed E-state index contributed by atoms with van der Waals surface area (Å²) in [7, 11) is 0. The first-order valence-corrected chi connectivity index (χ1v) is 7.25. The Bertz CT molecular complexity index is 500. The zero-order valence-corrected chi connectivity index (χ0v) is 12.5. The maximum Gasteiger partial charge on any atom is 0.409 e. The fourth-order valence-corrected chi connectivity index (χ4v) is 2.42. The molecule has 21 heavy (non-hydrogen) atoms. The Morgan fingerprint density at radius 2 is 2.38 bits per heavy atom. The lowest BCUT2D eigenvalue weighted by Crippen LogP contribution is -2.42. The predicted octanol–water partition coefficient (Wildman–Crippen LogP) is 1.10. The average Bonchev–Trinajstić information content (AvgIpc) is 2.87. The number of hydrogen-bond acceptors (Lipinski definition) is 4. The van der Waals surface area contributed by atoms with Gasteiger partial charge in [-0.15, -0.1) is 0 Å². The summed E-state index contributed by atoms with van der Waals surface area (Å²) in [4.78, 5) is 29.1. The number of rotatable bonds is 6. The summed E-state index contributed by atoms with van der Waals surface area (Å²) in [5.41, 5.74) is 0. The van der Waals surface area contributed by atoms with E-state index >= 15 is 0 Å². The van der Waals surface area contributed by atoms with Gasteiger partial charge in [-0.2, -0.15) is 0 Å². The summed E-state index contributed by atoms with van der Waals surface area (Å²) < 4.78 is 6.91. The van der Waals surface area contributed by atoms with Gasteiger partial charge in [0.25, 0.3) is 0 Å². The van der Waals surface area contributed by atoms with Crippen LogP contribution in [0.2, 0.25) is 0 Å². The van der Waals surface area contributed by atoms with Gasteiger partial charge < -0.3 is 19.5 Å². The minimum Gasteiger partial charge on any atom is -0.449 e. The smallest absolute Gasteiger partial charge is 0.409 e. The van der Waals surface area contributed by atoms with E-state index in [2.05, 4.69) is 10.3 Å². The third-order valence-electron chi connectivity index (χ3n) is 3.58. The second kappa shape index (κ2) is 7.10. The second-order valence-electron chi connectivity index (χ2n) is 5.24. The largest absolute Gasteiger partial charge is 0.449 e. The monoisotopic (exact) mass is 294 g/mol. The molecule has 2 heterocycles. The molecule has 1 atom stereocenters. The molecule has 0 saturated carbocycles. The molecule has 1 aliphatic rings. The Hall–Kier alpha value is -2.05. The van der Waals surface area contributed by atoms with Crippen molar-refractivity contribution >= 4 is 12.0 Å². The third-order valence-corrected chi connectivity index (χ3v) is 3.58. The first-order chi connectivity index (χ1) is 10.1. The van der Waals surface area contributed by atoms with E-state index in [-0.39, 0.29) is 18.0 Å². The molecule has 7 heteroatoms. The van der Waals surface area contributed by atoms with Gasteiger partial charge >= 0.3 is 6.09 Å². The van der Waals surface area contributed by atoms with Crippen molar-refractivity contribution < 1.29 is 14.3 Å². The number of cyclic esters (lactones) is 1. The normalized spacial score (nSPS) is 16.5. The van der Waals surface area contributed by atoms with Gasteiger partial charge in [0.15, 0.2) is 0 Å². The SMILES string of the molecule is Cc1nccn1[C@@H](C)CC(=O)NCCN1CCCOC1=O. The van der Waals surface area contributed by atoms with Crippen LogP contribution in [-0.4, -0.2) is 52.7 Å². The molecule has 1 fully saturated rings. The first kappa shape index (κ1) is 15.3. The van der Waals surface area contributed by atoms with E-state index in [1.54, 1.807) is 11.1 Å². The zero-order chi connectivity index (χ0) is 15.2. The summed E-state index contributed by atoms with van der Waals surface area (Å²) in [6, 6.07) is 0.0625. The molecule has 1 saturated heterocycles. The topological polar surface area (TPSA) is 76.5 Å². The van der Waals surface area contributed by atoms with Gasteiger partial charge in [-0.25, -0.2) is 9.78 Å². The van der Waals surface area contributed by atoms with E-state index in [4.69, 9.17) is 4.74 Å². The van der Waals surface area contributed by atoms with Crippen LogP contribution < -0.4 is 5.32 Å². The molecule has 7 nitrogen and oxygen atoms in total. The fourth-order valence-electron chi connectivity index (χ4n) is 2.42. The van der Waals surface area contributed by atoms with Crippen molar-refractivity contribution in [3.8, 4) is 0 Å². The average molecular weight is 294 g/mol. The molecule has 0 aromatic carbocycles. The van der Waals surface area contributed by atoms with Gasteiger partial charge in [0.05, 0.1) is 6.61 Å². The van der Waals surface area contributed by atoms with Crippen molar-refractivity contribution in [2.24, 2.45) is 0 Å². The number of hydrogen-bond donors (Lipinski definition) is 1. The minimum absolute atomic E-state index is 0.0269. The minimum atomic E-state index is -0.294. The van der Waals surface area contributed by atoms with Crippen molar-refractivity contribution in [2.45, 2.75) is 32.7 Å². The number of aryl methyl sites for hydroxylation is 1. The first-order valence-electron chi connectivity index (χ1n) is 7.25. The van der Waals surface area contributed by atoms with E-state index in [1.807, 2.05) is 24.6 Å². The van der Waals surface area contributed by atoms with Crippen molar-refractivity contribution in [1.29, 1.82) is 0 Å². The number of ether oxygens (including phenoxy) is 1. The summed E-state index contributed by atoms with van der Waals surface area (Å²) in [5, 5.41) is 2.84. The van der Waals surface area contributed by atoms with Crippen LogP contribution in [0.1, 0.15) is 31.6 Å². The lowest BCUT2D eigenvalue weighted by molar-refractivity contribution is -0.121. The fraction of sp³-hybridized carbons (Fsp3) is 0.643. The Morgan fingerprint density at radius 3 is 3.05 bits per heavy atom. The van der Waals surface area contributed by atoms with Crippen molar-refractivity contribution in [3.63, 3.8) is 0 Å². The van der Waals surface area contributed by atoms with Crippen LogP contribution in [0, 0.1) is 6.92 Å². The van der Waals surface area contributed by atoms with Crippen LogP contribution in [0.4, 0.5) is 4.79 Å². The van der Waals surface area contributed by atoms with Crippen molar-refractivity contribution in [2.75, 3.05) is 26.2 Å². The number of nitrogens with zero attached hydrogens (tertiary/aromatic N) is 3. The van der Waals surface area contributed by atoms with Crippen molar-refractivity contribution in [1.82, 2.24) is 19.8 Å². The number of amides is 2. The molecule has 116 valence electrons. The Morgan fingerprint density at radius 1 is 1.57 bits per heavy atom. The molecule has 2 amide bonds. The molecule has 1 aromatic heterocycles. The quantitative estimate of drug-likeness (QED) is 0.852. The maximum absolute atomic E-state index is 11.9. The Labute approximate surface area is 124 Å². The Balaban J connectivity index is 1.70. The van der Waals surface area contributed by atoms with Gasteiger partial charge in [-0.05, 0) is 20.3 Å². The number of nitrogens with one attached hydrogen (secondary N) is 1. The highest BCUT2D eigenvalue weighted by Crippen LogP contribution is 2.12. The third kappa shape index (κ3) is 4.21. The van der Waals surface area contributed by atoms with Crippen LogP contribution in [-0.2, 0) is 9.53 Å². The molecule has 0 aliphatic carbocycles. The van der Waals surface area contributed by atoms with Crippen LogP contribution in [0.25, 0.3) is 0 Å². The van der Waals surface area contributed by atoms with Gasteiger partial charge in [-0.1, -0.05) is 0 Å². The predicted molar refractivity (Wildman–Crippen MR) is 76.8 cm³/mol. The Kier molecular flexibility index (Phi) is 5.19. The zero-order valence-electron chi connectivity index (χ0n) is 12.5. The van der Waals surface area contributed by atoms with Gasteiger partial charge in [0.1, 0.15) is 5.82 Å². The lowest BCUT2D eigenvalue weighted by atomic mass is 10.2. The molecule has 2 rings (SSSR count). The molecular weight excluding hydrogens is 272 g/mol. The van der Waals surface area contributed by atoms with E-state index in [9.17, 15) is 9.59 Å². The molecule has 0 unspecified atom stereocenters. The summed E-state index contributed by atoms with van der Waals surface area (Å²) in [6.45, 7) is 6.02. The maximum atomic E-state index is 11.9. The summed E-state index contributed by atoms with van der Waals surface area (Å²) >= 11 is 0. The van der Waals surface area contributed by atoms with E-state index < -0.39 is 0 Å². The van der Waals surface area contributed by atoms with E-state index in [1.165, 1.54) is 0 Å². The molecule has 1 aromatic rings. The molecular formula is C14H22N4O3. The van der Waals surface area contributed by atoms with E-state index in [0.29, 0.717) is 32.7 Å². The van der Waals surface area contributed by atoms with Crippen LogP contribution in [0.5, 0.6) is 0 Å². The summed E-state index contributed by atoms with van der Waals surface area (Å²) in [6.07, 6.45) is 4.54. The highest BCUT2D eigenvalue weighted by Gasteiger charge is 2.19. The molecule has 0 radical (unpaired) electrons. The van der Waals surface area contributed by atoms with Gasteiger partial charge in [0, 0.05) is 44.5 Å². The number of carbonyl (C=O) groups is 2. The molecule has 1 aliphatic heterocycles. The number of carbonyl (C=O) groups excluding carboxylic acids is 2. The van der Waals surface area contributed by atoms with Crippen LogP contribution >= 0.6 is 0 Å². The highest BCUT2D eigenvalue weighted by molar-refractivity contribution is 5.76. The number of imidazole rings is 1. The molecule has 1 N–H and O–H groups in total. The second-order valence-corrected chi connectivity index (χ2v) is 5.24. The highest BCUT2D eigenvalue weighted by atomic mass is 16.6. The van der Waals surface area contributed by atoms with E-state index in [0.717, 1.165) is 12.2 Å². The number of aromatic nitrogens is 2. The molecule has 0 bridgehead atoms. The van der Waals surface area contributed by atoms with Crippen molar-refractivity contribution in [3.05, 3.63) is 18.2 Å². The molecule has 0 spiro atoms. The van der Waals surface area contributed by atoms with Crippen LogP contribution in [0.3, 0.4) is 0 Å². The standard InChI is InChI=1S/C14H22N4O3/c1-11(18-8-5-15-12(18)2)10-13(19)16-4-7-17-6-3-9-21-14(17)20/h5,8,11H,3-4,6-7,9-10H2,1-2H3,(H,16,19)/t11-/m0/s1.